The summed E-state index contributed by atoms with van der Waals surface area (Å²) in [5.74, 6) is 0.415. The van der Waals surface area contributed by atoms with E-state index in [1.165, 1.54) is 0 Å². The fraction of sp³-hybridized carbons (Fsp3) is 0.0769. The van der Waals surface area contributed by atoms with Gasteiger partial charge >= 0.3 is 0 Å². The predicted molar refractivity (Wildman–Crippen MR) is 74.9 cm³/mol. The average molecular weight is 272 g/mol. The van der Waals surface area contributed by atoms with Gasteiger partial charge in [-0.3, -0.25) is 9.19 Å². The zero-order chi connectivity index (χ0) is 13.2. The lowest BCUT2D eigenvalue weighted by molar-refractivity contribution is 0.677. The SMILES string of the molecule is Nc1ccc2nc(S(=O)Cc3ccncc3)[nH]c2c1. The van der Waals surface area contributed by atoms with E-state index in [2.05, 4.69) is 15.0 Å². The van der Waals surface area contributed by atoms with Crippen molar-refractivity contribution in [3.05, 3.63) is 48.3 Å². The zero-order valence-corrected chi connectivity index (χ0v) is 10.9. The number of hydrogen-bond acceptors (Lipinski definition) is 4. The molecule has 0 aliphatic rings. The van der Waals surface area contributed by atoms with E-state index in [-0.39, 0.29) is 0 Å². The average Bonchev–Trinajstić information content (AvgIpc) is 2.83. The molecular weight excluding hydrogens is 260 g/mol. The minimum atomic E-state index is -1.21. The molecule has 0 saturated carbocycles. The fourth-order valence-electron chi connectivity index (χ4n) is 1.81. The number of aromatic nitrogens is 3. The number of hydrogen-bond donors (Lipinski definition) is 2. The molecule has 0 saturated heterocycles. The number of H-pyrrole nitrogens is 1. The topological polar surface area (TPSA) is 84.7 Å². The van der Waals surface area contributed by atoms with Crippen LogP contribution in [-0.2, 0) is 16.6 Å². The number of anilines is 1. The molecule has 0 aliphatic heterocycles. The highest BCUT2D eigenvalue weighted by molar-refractivity contribution is 7.84. The number of imidazole rings is 1. The molecule has 2 heterocycles. The Labute approximate surface area is 112 Å². The molecule has 1 aromatic carbocycles. The van der Waals surface area contributed by atoms with Crippen LogP contribution in [0.25, 0.3) is 11.0 Å². The third-order valence-corrected chi connectivity index (χ3v) is 3.97. The number of pyridine rings is 1. The van der Waals surface area contributed by atoms with Gasteiger partial charge in [-0.25, -0.2) is 4.98 Å². The van der Waals surface area contributed by atoms with E-state index >= 15 is 0 Å². The first-order chi connectivity index (χ1) is 9.22. The van der Waals surface area contributed by atoms with E-state index in [0.29, 0.717) is 16.6 Å². The van der Waals surface area contributed by atoms with Crippen LogP contribution < -0.4 is 5.73 Å². The van der Waals surface area contributed by atoms with E-state index in [4.69, 9.17) is 5.73 Å². The van der Waals surface area contributed by atoms with Gasteiger partial charge in [0.1, 0.15) is 0 Å². The van der Waals surface area contributed by atoms with Crippen molar-refractivity contribution in [2.45, 2.75) is 10.9 Å². The van der Waals surface area contributed by atoms with Gasteiger partial charge in [0.25, 0.3) is 0 Å². The second-order valence-corrected chi connectivity index (χ2v) is 5.53. The highest BCUT2D eigenvalue weighted by Crippen LogP contribution is 2.17. The van der Waals surface area contributed by atoms with Gasteiger partial charge in [0, 0.05) is 18.1 Å². The molecule has 0 fully saturated rings. The highest BCUT2D eigenvalue weighted by atomic mass is 32.2. The van der Waals surface area contributed by atoms with Gasteiger partial charge in [-0.15, -0.1) is 0 Å². The van der Waals surface area contributed by atoms with Crippen LogP contribution in [0.2, 0.25) is 0 Å². The number of fused-ring (bicyclic) bond motifs is 1. The summed E-state index contributed by atoms with van der Waals surface area (Å²) in [6, 6.07) is 9.07. The van der Waals surface area contributed by atoms with Crippen molar-refractivity contribution in [3.8, 4) is 0 Å². The Morgan fingerprint density at radius 3 is 2.79 bits per heavy atom. The Balaban J connectivity index is 1.89. The Bertz CT molecular complexity index is 739. The molecular formula is C13H12N4OS. The van der Waals surface area contributed by atoms with Crippen molar-refractivity contribution in [2.75, 3.05) is 5.73 Å². The molecule has 6 heteroatoms. The largest absolute Gasteiger partial charge is 0.399 e. The highest BCUT2D eigenvalue weighted by Gasteiger charge is 2.10. The predicted octanol–water partition coefficient (Wildman–Crippen LogP) is 1.85. The molecule has 0 spiro atoms. The standard InChI is InChI=1S/C13H12N4OS/c14-10-1-2-11-12(7-10)17-13(16-11)19(18)8-9-3-5-15-6-4-9/h1-7H,8,14H2,(H,16,17). The lowest BCUT2D eigenvalue weighted by Crippen LogP contribution is -1.98. The van der Waals surface area contributed by atoms with E-state index in [1.807, 2.05) is 18.2 Å². The van der Waals surface area contributed by atoms with Crippen molar-refractivity contribution in [3.63, 3.8) is 0 Å². The van der Waals surface area contributed by atoms with Crippen LogP contribution in [0.3, 0.4) is 0 Å². The first-order valence-corrected chi connectivity index (χ1v) is 7.07. The van der Waals surface area contributed by atoms with Gasteiger partial charge in [-0.05, 0) is 35.9 Å². The Hall–Kier alpha value is -2.21. The van der Waals surface area contributed by atoms with E-state index < -0.39 is 10.8 Å². The summed E-state index contributed by atoms with van der Waals surface area (Å²) >= 11 is 0. The molecule has 3 N–H and O–H groups in total. The normalized spacial score (nSPS) is 12.6. The second-order valence-electron chi connectivity index (χ2n) is 4.16. The van der Waals surface area contributed by atoms with Gasteiger partial charge in [-0.2, -0.15) is 0 Å². The molecule has 3 aromatic rings. The second kappa shape index (κ2) is 4.81. The van der Waals surface area contributed by atoms with Gasteiger partial charge in [0.2, 0.25) is 0 Å². The maximum absolute atomic E-state index is 12.2. The molecule has 0 aliphatic carbocycles. The minimum Gasteiger partial charge on any atom is -0.399 e. The summed E-state index contributed by atoms with van der Waals surface area (Å²) in [6.07, 6.45) is 3.37. The zero-order valence-electron chi connectivity index (χ0n) is 10.0. The van der Waals surface area contributed by atoms with Crippen LogP contribution in [0, 0.1) is 0 Å². The molecule has 1 unspecified atom stereocenters. The lowest BCUT2D eigenvalue weighted by Gasteiger charge is -1.98. The van der Waals surface area contributed by atoms with Crippen LogP contribution in [0.4, 0.5) is 5.69 Å². The monoisotopic (exact) mass is 272 g/mol. The fourth-order valence-corrected chi connectivity index (χ4v) is 2.87. The first kappa shape index (κ1) is 11.9. The maximum atomic E-state index is 12.2. The first-order valence-electron chi connectivity index (χ1n) is 5.75. The van der Waals surface area contributed by atoms with Crippen LogP contribution in [0.15, 0.2) is 47.9 Å². The van der Waals surface area contributed by atoms with Crippen molar-refractivity contribution < 1.29 is 4.21 Å². The smallest absolute Gasteiger partial charge is 0.197 e. The number of nitrogens with two attached hydrogens (primary N) is 1. The van der Waals surface area contributed by atoms with Crippen LogP contribution >= 0.6 is 0 Å². The Morgan fingerprint density at radius 2 is 2.00 bits per heavy atom. The summed E-state index contributed by atoms with van der Waals surface area (Å²) in [4.78, 5) is 11.3. The Morgan fingerprint density at radius 1 is 1.21 bits per heavy atom. The minimum absolute atomic E-state index is 0.415. The van der Waals surface area contributed by atoms with Crippen molar-refractivity contribution in [2.24, 2.45) is 0 Å². The van der Waals surface area contributed by atoms with E-state index in [1.54, 1.807) is 24.5 Å². The van der Waals surface area contributed by atoms with Crippen LogP contribution in [0.1, 0.15) is 5.56 Å². The van der Waals surface area contributed by atoms with Gasteiger partial charge in [-0.1, -0.05) is 0 Å². The van der Waals surface area contributed by atoms with Crippen LogP contribution in [-0.4, -0.2) is 19.2 Å². The van der Waals surface area contributed by atoms with Gasteiger partial charge in [0.05, 0.1) is 27.6 Å². The third kappa shape index (κ3) is 2.48. The lowest BCUT2D eigenvalue weighted by atomic mass is 10.3. The summed E-state index contributed by atoms with van der Waals surface area (Å²) in [6.45, 7) is 0. The van der Waals surface area contributed by atoms with E-state index in [9.17, 15) is 4.21 Å². The summed E-state index contributed by atoms with van der Waals surface area (Å²) < 4.78 is 12.2. The summed E-state index contributed by atoms with van der Waals surface area (Å²) in [5.41, 5.74) is 8.90. The quantitative estimate of drug-likeness (QED) is 0.713. The summed E-state index contributed by atoms with van der Waals surface area (Å²) in [5, 5.41) is 0.470. The number of nitrogen functional groups attached to an aromatic ring is 1. The molecule has 0 bridgehead atoms. The molecule has 96 valence electrons. The summed E-state index contributed by atoms with van der Waals surface area (Å²) in [7, 11) is -1.21. The molecule has 19 heavy (non-hydrogen) atoms. The van der Waals surface area contributed by atoms with Crippen molar-refractivity contribution in [1.82, 2.24) is 15.0 Å². The third-order valence-electron chi connectivity index (χ3n) is 2.75. The molecule has 5 nitrogen and oxygen atoms in total. The van der Waals surface area contributed by atoms with Gasteiger partial charge in [0.15, 0.2) is 5.16 Å². The number of aromatic amines is 1. The number of nitrogens with zero attached hydrogens (tertiary/aromatic N) is 2. The molecule has 3 rings (SSSR count). The van der Waals surface area contributed by atoms with Crippen molar-refractivity contribution in [1.29, 1.82) is 0 Å². The molecule has 1 atom stereocenters. The van der Waals surface area contributed by atoms with Crippen molar-refractivity contribution >= 4 is 27.5 Å². The van der Waals surface area contributed by atoms with E-state index in [0.717, 1.165) is 16.6 Å². The molecule has 0 amide bonds. The molecule has 0 radical (unpaired) electrons. The number of rotatable bonds is 3. The number of benzene rings is 1. The van der Waals surface area contributed by atoms with Gasteiger partial charge < -0.3 is 10.7 Å². The number of nitrogens with one attached hydrogen (secondary N) is 1. The Kier molecular flexibility index (Phi) is 3.00. The molecule has 2 aromatic heterocycles. The van der Waals surface area contributed by atoms with Crippen LogP contribution in [0.5, 0.6) is 0 Å². The maximum Gasteiger partial charge on any atom is 0.197 e.